The van der Waals surface area contributed by atoms with Gasteiger partial charge >= 0.3 is 0 Å². The topological polar surface area (TPSA) is 27.8 Å². The molecule has 0 bridgehead atoms. The van der Waals surface area contributed by atoms with Crippen molar-refractivity contribution < 1.29 is 0 Å². The van der Waals surface area contributed by atoms with Crippen molar-refractivity contribution in [2.24, 2.45) is 0 Å². The number of hydrogen-bond donors (Lipinski definition) is 2. The van der Waals surface area contributed by atoms with E-state index in [1.54, 1.807) is 0 Å². The molecule has 2 N–H and O–H groups in total. The fourth-order valence-electron chi connectivity index (χ4n) is 3.82. The van der Waals surface area contributed by atoms with Gasteiger partial charge in [-0.05, 0) is 49.9 Å². The summed E-state index contributed by atoms with van der Waals surface area (Å²) < 4.78 is 0. The number of H-pyrrole nitrogens is 1. The summed E-state index contributed by atoms with van der Waals surface area (Å²) in [6, 6.07) is 13.7. The number of aromatic amines is 1. The molecule has 1 aliphatic heterocycles. The molecule has 1 aromatic heterocycles. The highest BCUT2D eigenvalue weighted by atomic mass is 15.0. The third kappa shape index (κ3) is 2.06. The Hall–Kier alpha value is -2.06. The van der Waals surface area contributed by atoms with E-state index < -0.39 is 0 Å². The number of aryl methyl sites for hydroxylation is 3. The Morgan fingerprint density at radius 3 is 2.68 bits per heavy atom. The molecule has 1 aliphatic rings. The Morgan fingerprint density at radius 2 is 1.86 bits per heavy atom. The molecule has 2 heteroatoms. The Kier molecular flexibility index (Phi) is 3.08. The van der Waals surface area contributed by atoms with E-state index in [1.807, 2.05) is 0 Å². The first-order valence-corrected chi connectivity index (χ1v) is 8.05. The van der Waals surface area contributed by atoms with Crippen molar-refractivity contribution in [3.63, 3.8) is 0 Å². The summed E-state index contributed by atoms with van der Waals surface area (Å²) in [5, 5.41) is 5.09. The number of nitrogens with one attached hydrogen (secondary N) is 2. The first-order chi connectivity index (χ1) is 10.6. The van der Waals surface area contributed by atoms with Crippen molar-refractivity contribution in [2.75, 3.05) is 6.54 Å². The molecule has 0 saturated heterocycles. The van der Waals surface area contributed by atoms with Crippen molar-refractivity contribution in [3.05, 3.63) is 69.9 Å². The molecule has 1 atom stereocenters. The van der Waals surface area contributed by atoms with Crippen LogP contribution in [0.25, 0.3) is 10.9 Å². The minimum atomic E-state index is 0.274. The lowest BCUT2D eigenvalue weighted by Gasteiger charge is -2.25. The van der Waals surface area contributed by atoms with Crippen molar-refractivity contribution in [3.8, 4) is 0 Å². The van der Waals surface area contributed by atoms with Crippen molar-refractivity contribution in [1.29, 1.82) is 0 Å². The molecule has 2 nitrogen and oxygen atoms in total. The zero-order valence-corrected chi connectivity index (χ0v) is 13.5. The van der Waals surface area contributed by atoms with Gasteiger partial charge in [-0.3, -0.25) is 0 Å². The highest BCUT2D eigenvalue weighted by Crippen LogP contribution is 2.35. The first kappa shape index (κ1) is 13.6. The molecular formula is C20H22N2. The van der Waals surface area contributed by atoms with E-state index in [1.165, 1.54) is 44.4 Å². The molecule has 0 radical (unpaired) electrons. The van der Waals surface area contributed by atoms with E-state index in [2.05, 4.69) is 67.5 Å². The van der Waals surface area contributed by atoms with Crippen LogP contribution in [0.4, 0.5) is 0 Å². The summed E-state index contributed by atoms with van der Waals surface area (Å²) in [5.41, 5.74) is 9.49. The SMILES string of the molecule is Cc1cccc(C2NCCc3c2[nH]c2c(C)cc(C)cc32)c1. The highest BCUT2D eigenvalue weighted by molar-refractivity contribution is 5.88. The summed E-state index contributed by atoms with van der Waals surface area (Å²) >= 11 is 0. The molecule has 0 fully saturated rings. The molecule has 4 rings (SSSR count). The van der Waals surface area contributed by atoms with Gasteiger partial charge in [0.15, 0.2) is 0 Å². The summed E-state index contributed by atoms with van der Waals surface area (Å²) in [6.07, 6.45) is 1.10. The maximum absolute atomic E-state index is 3.72. The lowest BCUT2D eigenvalue weighted by atomic mass is 9.93. The van der Waals surface area contributed by atoms with E-state index in [9.17, 15) is 0 Å². The van der Waals surface area contributed by atoms with Gasteiger partial charge in [-0.1, -0.05) is 41.5 Å². The molecular weight excluding hydrogens is 268 g/mol. The van der Waals surface area contributed by atoms with Gasteiger partial charge in [0.2, 0.25) is 0 Å². The van der Waals surface area contributed by atoms with Crippen LogP contribution < -0.4 is 5.32 Å². The fraction of sp³-hybridized carbons (Fsp3) is 0.300. The third-order valence-corrected chi connectivity index (χ3v) is 4.78. The lowest BCUT2D eigenvalue weighted by molar-refractivity contribution is 0.560. The minimum Gasteiger partial charge on any atom is -0.356 e. The monoisotopic (exact) mass is 290 g/mol. The largest absolute Gasteiger partial charge is 0.356 e. The Labute approximate surface area is 131 Å². The number of rotatable bonds is 1. The number of fused-ring (bicyclic) bond motifs is 3. The van der Waals surface area contributed by atoms with Gasteiger partial charge < -0.3 is 10.3 Å². The van der Waals surface area contributed by atoms with Gasteiger partial charge in [0.25, 0.3) is 0 Å². The summed E-state index contributed by atoms with van der Waals surface area (Å²) in [7, 11) is 0. The van der Waals surface area contributed by atoms with Gasteiger partial charge in [0, 0.05) is 23.1 Å². The molecule has 112 valence electrons. The van der Waals surface area contributed by atoms with E-state index in [0.29, 0.717) is 0 Å². The predicted molar refractivity (Wildman–Crippen MR) is 92.5 cm³/mol. The maximum Gasteiger partial charge on any atom is 0.0732 e. The van der Waals surface area contributed by atoms with Crippen LogP contribution in [0.3, 0.4) is 0 Å². The van der Waals surface area contributed by atoms with Crippen LogP contribution in [0.5, 0.6) is 0 Å². The van der Waals surface area contributed by atoms with E-state index in [-0.39, 0.29) is 6.04 Å². The molecule has 3 aromatic rings. The third-order valence-electron chi connectivity index (χ3n) is 4.78. The van der Waals surface area contributed by atoms with Gasteiger partial charge in [0.05, 0.1) is 6.04 Å². The van der Waals surface area contributed by atoms with Crippen LogP contribution in [-0.2, 0) is 6.42 Å². The zero-order valence-electron chi connectivity index (χ0n) is 13.5. The van der Waals surface area contributed by atoms with Crippen molar-refractivity contribution in [2.45, 2.75) is 33.2 Å². The molecule has 2 aromatic carbocycles. The molecule has 2 heterocycles. The molecule has 0 amide bonds. The van der Waals surface area contributed by atoms with Gasteiger partial charge in [0.1, 0.15) is 0 Å². The predicted octanol–water partition coefficient (Wildman–Crippen LogP) is 4.33. The summed E-state index contributed by atoms with van der Waals surface area (Å²) in [5.74, 6) is 0. The van der Waals surface area contributed by atoms with Crippen LogP contribution in [0, 0.1) is 20.8 Å². The standard InChI is InChI=1S/C20H22N2/c1-12-5-4-6-15(10-12)19-20-16(7-8-21-19)17-11-13(2)9-14(3)18(17)22-20/h4-6,9-11,19,21-22H,7-8H2,1-3H3. The second kappa shape index (κ2) is 4.99. The molecule has 0 spiro atoms. The van der Waals surface area contributed by atoms with Crippen LogP contribution in [0.15, 0.2) is 36.4 Å². The smallest absolute Gasteiger partial charge is 0.0732 e. The van der Waals surface area contributed by atoms with Crippen LogP contribution in [0.1, 0.15) is 39.6 Å². The molecule has 22 heavy (non-hydrogen) atoms. The van der Waals surface area contributed by atoms with Crippen LogP contribution >= 0.6 is 0 Å². The number of benzene rings is 2. The van der Waals surface area contributed by atoms with Crippen molar-refractivity contribution in [1.82, 2.24) is 10.3 Å². The Morgan fingerprint density at radius 1 is 1.00 bits per heavy atom. The lowest BCUT2D eigenvalue weighted by Crippen LogP contribution is -2.30. The average Bonchev–Trinajstić information content (AvgIpc) is 2.86. The normalized spacial score (nSPS) is 17.7. The van der Waals surface area contributed by atoms with E-state index in [4.69, 9.17) is 0 Å². The van der Waals surface area contributed by atoms with Gasteiger partial charge in [-0.15, -0.1) is 0 Å². The molecule has 0 saturated carbocycles. The number of hydrogen-bond acceptors (Lipinski definition) is 1. The van der Waals surface area contributed by atoms with Gasteiger partial charge in [-0.2, -0.15) is 0 Å². The molecule has 1 unspecified atom stereocenters. The quantitative estimate of drug-likeness (QED) is 0.686. The Balaban J connectivity index is 1.93. The van der Waals surface area contributed by atoms with Gasteiger partial charge in [-0.25, -0.2) is 0 Å². The zero-order chi connectivity index (χ0) is 15.3. The second-order valence-electron chi connectivity index (χ2n) is 6.57. The Bertz CT molecular complexity index is 858. The van der Waals surface area contributed by atoms with Crippen molar-refractivity contribution >= 4 is 10.9 Å². The van der Waals surface area contributed by atoms with E-state index >= 15 is 0 Å². The minimum absolute atomic E-state index is 0.274. The first-order valence-electron chi connectivity index (χ1n) is 8.05. The highest BCUT2D eigenvalue weighted by Gasteiger charge is 2.25. The average molecular weight is 290 g/mol. The second-order valence-corrected chi connectivity index (χ2v) is 6.57. The summed E-state index contributed by atoms with van der Waals surface area (Å²) in [4.78, 5) is 3.72. The number of aromatic nitrogens is 1. The maximum atomic E-state index is 3.72. The molecule has 0 aliphatic carbocycles. The van der Waals surface area contributed by atoms with E-state index in [0.717, 1.165) is 13.0 Å². The summed E-state index contributed by atoms with van der Waals surface area (Å²) in [6.45, 7) is 7.58. The van der Waals surface area contributed by atoms with Crippen LogP contribution in [0.2, 0.25) is 0 Å². The fourth-order valence-corrected chi connectivity index (χ4v) is 3.82. The van der Waals surface area contributed by atoms with Crippen LogP contribution in [-0.4, -0.2) is 11.5 Å².